The zero-order valence-corrected chi connectivity index (χ0v) is 26.9. The number of carbonyl (C=O) groups is 3. The topological polar surface area (TPSA) is 239 Å². The lowest BCUT2D eigenvalue weighted by Gasteiger charge is -2.30. The zero-order valence-electron chi connectivity index (χ0n) is 26.1. The maximum Gasteiger partial charge on any atom is 0.490 e. The monoisotopic (exact) mass is 793 g/mol. The van der Waals surface area contributed by atoms with Crippen molar-refractivity contribution >= 4 is 39.1 Å². The number of nitrogens with zero attached hydrogens (tertiary/aromatic N) is 6. The molecule has 1 aliphatic heterocycles. The lowest BCUT2D eigenvalue weighted by atomic mass is 9.97. The van der Waals surface area contributed by atoms with Crippen LogP contribution in [0.25, 0.3) is 11.2 Å². The average molecular weight is 794 g/mol. The summed E-state index contributed by atoms with van der Waals surface area (Å²) in [5.74, 6) is -7.80. The molecule has 4 N–H and O–H groups in total. The van der Waals surface area contributed by atoms with Crippen LogP contribution in [0.3, 0.4) is 0 Å². The van der Waals surface area contributed by atoms with Crippen molar-refractivity contribution in [3.8, 4) is 0 Å². The Balaban J connectivity index is 0.000000379. The predicted octanol–water partition coefficient (Wildman–Crippen LogP) is 3.43. The number of H-pyrrole nitrogens is 1. The van der Waals surface area contributed by atoms with Gasteiger partial charge in [0.05, 0.1) is 6.54 Å². The molecule has 1 aromatic carbocycles. The molecule has 53 heavy (non-hydrogen) atoms. The maximum absolute atomic E-state index is 12.8. The van der Waals surface area contributed by atoms with Crippen LogP contribution in [0.4, 0.5) is 39.5 Å². The maximum atomic E-state index is 12.8. The highest BCUT2D eigenvalue weighted by molar-refractivity contribution is 7.89. The van der Waals surface area contributed by atoms with E-state index in [1.165, 1.54) is 16.6 Å². The largest absolute Gasteiger partial charge is 0.490 e. The molecule has 1 saturated heterocycles. The summed E-state index contributed by atoms with van der Waals surface area (Å²) in [6.45, 7) is 1.10. The molecule has 0 radical (unpaired) electrons. The number of benzene rings is 1. The van der Waals surface area contributed by atoms with Crippen LogP contribution in [-0.2, 0) is 31.0 Å². The minimum absolute atomic E-state index is 0.0438. The number of hydrogen-bond acceptors (Lipinski definition) is 10. The molecule has 290 valence electrons. The molecule has 0 aliphatic carbocycles. The molecule has 5 rings (SSSR count). The van der Waals surface area contributed by atoms with Crippen molar-refractivity contribution in [3.05, 3.63) is 76.5 Å². The number of aromatic amines is 1. The fourth-order valence-corrected chi connectivity index (χ4v) is 5.34. The molecule has 1 aliphatic rings. The van der Waals surface area contributed by atoms with Crippen LogP contribution >= 0.6 is 0 Å². The average Bonchev–Trinajstić information content (AvgIpc) is 3.48. The van der Waals surface area contributed by atoms with Crippen LogP contribution in [0.1, 0.15) is 30.1 Å². The highest BCUT2D eigenvalue weighted by Gasteiger charge is 2.39. The fraction of sp³-hybridized carbons (Fsp3) is 0.333. The number of halogens is 9. The van der Waals surface area contributed by atoms with Crippen LogP contribution in [0.2, 0.25) is 0 Å². The number of rotatable bonds is 5. The summed E-state index contributed by atoms with van der Waals surface area (Å²) in [4.78, 5) is 50.7. The second kappa shape index (κ2) is 17.7. The molecule has 26 heteroatoms. The van der Waals surface area contributed by atoms with Crippen LogP contribution < -0.4 is 5.56 Å². The Kier molecular flexibility index (Phi) is 14.5. The molecular formula is C27H24F9N7O9S. The molecule has 0 spiro atoms. The first kappa shape index (κ1) is 43.5. The SMILES string of the molecule is O=C(O)C(F)(F)F.O=C(O)C(F)(F)F.O=C(O)C(F)(F)F.O=c1[nH]c(C2CCN(S(=O)(=O)c3ccccn3)CC2)nc2c1nnn2Cc1ccccc1. The highest BCUT2D eigenvalue weighted by atomic mass is 32.2. The molecular weight excluding hydrogens is 769 g/mol. The van der Waals surface area contributed by atoms with Crippen LogP contribution in [0, 0.1) is 0 Å². The number of piperidine rings is 1. The van der Waals surface area contributed by atoms with Gasteiger partial charge >= 0.3 is 36.4 Å². The van der Waals surface area contributed by atoms with Crippen molar-refractivity contribution < 1.29 is 77.6 Å². The van der Waals surface area contributed by atoms with Crippen molar-refractivity contribution in [2.45, 2.75) is 48.9 Å². The van der Waals surface area contributed by atoms with Crippen molar-refractivity contribution in [1.29, 1.82) is 0 Å². The number of aromatic nitrogens is 6. The number of carboxylic acids is 3. The third-order valence-electron chi connectivity index (χ3n) is 6.38. The van der Waals surface area contributed by atoms with Crippen molar-refractivity contribution in [2.24, 2.45) is 0 Å². The first-order valence-electron chi connectivity index (χ1n) is 14.0. The normalized spacial score (nSPS) is 14.1. The molecule has 1 fully saturated rings. The summed E-state index contributed by atoms with van der Waals surface area (Å²) >= 11 is 0. The van der Waals surface area contributed by atoms with Gasteiger partial charge in [-0.3, -0.25) is 4.79 Å². The summed E-state index contributed by atoms with van der Waals surface area (Å²) in [5.41, 5.74) is 1.31. The zero-order chi connectivity index (χ0) is 40.4. The summed E-state index contributed by atoms with van der Waals surface area (Å²) in [5, 5.41) is 29.5. The molecule has 3 aromatic heterocycles. The number of fused-ring (bicyclic) bond motifs is 1. The van der Waals surface area contributed by atoms with Crippen molar-refractivity contribution in [1.82, 2.24) is 34.3 Å². The van der Waals surface area contributed by atoms with Gasteiger partial charge in [0.25, 0.3) is 15.6 Å². The van der Waals surface area contributed by atoms with E-state index < -0.39 is 46.5 Å². The quantitative estimate of drug-likeness (QED) is 0.212. The van der Waals surface area contributed by atoms with Crippen molar-refractivity contribution in [2.75, 3.05) is 13.1 Å². The van der Waals surface area contributed by atoms with E-state index in [-0.39, 0.29) is 22.0 Å². The van der Waals surface area contributed by atoms with Crippen LogP contribution in [0.5, 0.6) is 0 Å². The minimum Gasteiger partial charge on any atom is -0.475 e. The summed E-state index contributed by atoms with van der Waals surface area (Å²) in [6.07, 6.45) is -12.7. The number of aliphatic carboxylic acids is 3. The minimum atomic E-state index is -5.08. The van der Waals surface area contributed by atoms with Crippen LogP contribution in [0.15, 0.2) is 64.5 Å². The fourth-order valence-electron chi connectivity index (χ4n) is 3.94. The number of pyridine rings is 1. The second-order valence-corrected chi connectivity index (χ2v) is 12.0. The van der Waals surface area contributed by atoms with E-state index in [0.717, 1.165) is 5.56 Å². The number of nitrogens with one attached hydrogen (secondary N) is 1. The third kappa shape index (κ3) is 13.1. The van der Waals surface area contributed by atoms with Gasteiger partial charge in [0.2, 0.25) is 0 Å². The Morgan fingerprint density at radius 2 is 1.26 bits per heavy atom. The van der Waals surface area contributed by atoms with Gasteiger partial charge in [0.1, 0.15) is 5.82 Å². The number of sulfonamides is 1. The van der Waals surface area contributed by atoms with Gasteiger partial charge in [0.15, 0.2) is 16.2 Å². The molecule has 0 atom stereocenters. The Morgan fingerprint density at radius 3 is 1.70 bits per heavy atom. The highest BCUT2D eigenvalue weighted by Crippen LogP contribution is 2.28. The molecule has 0 unspecified atom stereocenters. The van der Waals surface area contributed by atoms with E-state index in [1.54, 1.807) is 16.8 Å². The first-order valence-corrected chi connectivity index (χ1v) is 15.5. The Morgan fingerprint density at radius 1 is 0.792 bits per heavy atom. The number of alkyl halides is 9. The standard InChI is InChI=1S/C21H21N7O3S.3C2HF3O2/c29-21-18-20(28(26-25-18)14-15-6-2-1-3-7-15)23-19(24-21)16-9-12-27(13-10-16)32(30,31)17-8-4-5-11-22-17;3*3-2(4,5)1(6)7/h1-8,11,16H,9-10,12-14H2,(H,23,24,29);3*(H,6,7). The second-order valence-electron chi connectivity index (χ2n) is 10.1. The molecule has 0 saturated carbocycles. The van der Waals surface area contributed by atoms with Gasteiger partial charge in [0, 0.05) is 25.2 Å². The van der Waals surface area contributed by atoms with Gasteiger partial charge in [-0.1, -0.05) is 41.6 Å². The smallest absolute Gasteiger partial charge is 0.475 e. The van der Waals surface area contributed by atoms with E-state index in [9.17, 15) is 52.7 Å². The van der Waals surface area contributed by atoms with E-state index in [0.29, 0.717) is 43.9 Å². The lowest BCUT2D eigenvalue weighted by Crippen LogP contribution is -2.38. The van der Waals surface area contributed by atoms with Gasteiger partial charge in [-0.15, -0.1) is 5.10 Å². The van der Waals surface area contributed by atoms with Gasteiger partial charge in [-0.2, -0.15) is 43.8 Å². The molecule has 4 aromatic rings. The Labute approximate surface area is 289 Å². The van der Waals surface area contributed by atoms with Crippen molar-refractivity contribution in [3.63, 3.8) is 0 Å². The van der Waals surface area contributed by atoms with E-state index in [2.05, 4.69) is 25.3 Å². The molecule has 0 bridgehead atoms. The Hall–Kier alpha value is -5.66. The van der Waals surface area contributed by atoms with E-state index in [4.69, 9.17) is 29.7 Å². The van der Waals surface area contributed by atoms with E-state index >= 15 is 0 Å². The predicted molar refractivity (Wildman–Crippen MR) is 158 cm³/mol. The van der Waals surface area contributed by atoms with Gasteiger partial charge in [-0.05, 0) is 30.5 Å². The molecule has 16 nitrogen and oxygen atoms in total. The third-order valence-corrected chi connectivity index (χ3v) is 8.19. The summed E-state index contributed by atoms with van der Waals surface area (Å²) in [6, 6.07) is 14.6. The van der Waals surface area contributed by atoms with Crippen LogP contribution in [-0.4, -0.2) is 108 Å². The summed E-state index contributed by atoms with van der Waals surface area (Å²) < 4.78 is 124. The first-order chi connectivity index (χ1) is 24.4. The number of hydrogen-bond donors (Lipinski definition) is 4. The van der Waals surface area contributed by atoms with E-state index in [1.807, 2.05) is 30.3 Å². The lowest BCUT2D eigenvalue weighted by molar-refractivity contribution is -0.193. The van der Waals surface area contributed by atoms with Gasteiger partial charge < -0.3 is 20.3 Å². The van der Waals surface area contributed by atoms with Gasteiger partial charge in [-0.25, -0.2) is 37.5 Å². The Bertz CT molecular complexity index is 1960. The number of carboxylic acid groups (broad SMARTS) is 3. The summed E-state index contributed by atoms with van der Waals surface area (Å²) in [7, 11) is -3.64. The molecule has 0 amide bonds. The molecule has 4 heterocycles.